The molecule has 66 valence electrons. The maximum Gasteiger partial charge on any atom is 0.169 e. The van der Waals surface area contributed by atoms with E-state index in [1.807, 2.05) is 11.9 Å². The van der Waals surface area contributed by atoms with E-state index in [1.54, 1.807) is 12.3 Å². The summed E-state index contributed by atoms with van der Waals surface area (Å²) in [6, 6.07) is 4.37. The van der Waals surface area contributed by atoms with Gasteiger partial charge in [-0.15, -0.1) is 5.10 Å². The van der Waals surface area contributed by atoms with Gasteiger partial charge in [-0.2, -0.15) is 10.4 Å². The Morgan fingerprint density at radius 3 is 3.00 bits per heavy atom. The second-order valence-corrected chi connectivity index (χ2v) is 3.22. The third kappa shape index (κ3) is 1.45. The number of aromatic nitrogens is 2. The lowest BCUT2D eigenvalue weighted by Crippen LogP contribution is -2.22. The summed E-state index contributed by atoms with van der Waals surface area (Å²) in [7, 11) is 1.96. The molecule has 0 N–H and O–H groups in total. The Morgan fingerprint density at radius 2 is 2.38 bits per heavy atom. The average molecular weight is 174 g/mol. The van der Waals surface area contributed by atoms with Crippen molar-refractivity contribution in [1.29, 1.82) is 5.26 Å². The molecule has 4 nitrogen and oxygen atoms in total. The molecule has 0 radical (unpaired) electrons. The Hall–Kier alpha value is -1.63. The van der Waals surface area contributed by atoms with Crippen LogP contribution in [0.25, 0.3) is 0 Å². The standard InChI is InChI=1S/C9H10N4/c1-13(8-2-3-8)9-7(6-10)4-5-11-12-9/h4-5,8H,2-3H2,1H3. The molecule has 0 aliphatic heterocycles. The molecule has 2 rings (SSSR count). The maximum absolute atomic E-state index is 8.83. The summed E-state index contributed by atoms with van der Waals surface area (Å²) in [5.74, 6) is 0.701. The number of nitrogens with zero attached hydrogens (tertiary/aromatic N) is 4. The molecule has 1 aliphatic carbocycles. The van der Waals surface area contributed by atoms with Crippen LogP contribution in [0.4, 0.5) is 5.82 Å². The quantitative estimate of drug-likeness (QED) is 0.669. The topological polar surface area (TPSA) is 52.8 Å². The highest BCUT2D eigenvalue weighted by molar-refractivity contribution is 5.53. The number of hydrogen-bond donors (Lipinski definition) is 0. The first kappa shape index (κ1) is 7.99. The minimum atomic E-state index is 0.559. The predicted molar refractivity (Wildman–Crippen MR) is 48.2 cm³/mol. The summed E-state index contributed by atoms with van der Waals surface area (Å²) in [5.41, 5.74) is 0.601. The van der Waals surface area contributed by atoms with Crippen molar-refractivity contribution in [3.8, 4) is 6.07 Å². The first-order chi connectivity index (χ1) is 6.33. The highest BCUT2D eigenvalue weighted by Gasteiger charge is 2.28. The van der Waals surface area contributed by atoms with E-state index in [9.17, 15) is 0 Å². The predicted octanol–water partition coefficient (Wildman–Crippen LogP) is 0.947. The summed E-state index contributed by atoms with van der Waals surface area (Å²) in [6.45, 7) is 0. The number of anilines is 1. The molecule has 0 bridgehead atoms. The average Bonchev–Trinajstić information content (AvgIpc) is 3.00. The van der Waals surface area contributed by atoms with Crippen LogP contribution in [0, 0.1) is 11.3 Å². The Bertz CT molecular complexity index is 351. The smallest absolute Gasteiger partial charge is 0.169 e. The van der Waals surface area contributed by atoms with Crippen LogP contribution in [-0.2, 0) is 0 Å². The van der Waals surface area contributed by atoms with Crippen LogP contribution >= 0.6 is 0 Å². The molecule has 13 heavy (non-hydrogen) atoms. The maximum atomic E-state index is 8.83. The summed E-state index contributed by atoms with van der Waals surface area (Å²) in [5, 5.41) is 16.6. The van der Waals surface area contributed by atoms with Crippen LogP contribution in [-0.4, -0.2) is 23.3 Å². The SMILES string of the molecule is CN(c1nnccc1C#N)C1CC1. The number of nitriles is 1. The molecular formula is C9H10N4. The van der Waals surface area contributed by atoms with Crippen LogP contribution in [0.2, 0.25) is 0 Å². The van der Waals surface area contributed by atoms with Crippen LogP contribution in [0.5, 0.6) is 0 Å². The van der Waals surface area contributed by atoms with E-state index in [2.05, 4.69) is 16.3 Å². The summed E-state index contributed by atoms with van der Waals surface area (Å²) < 4.78 is 0. The van der Waals surface area contributed by atoms with Crippen molar-refractivity contribution in [1.82, 2.24) is 10.2 Å². The van der Waals surface area contributed by atoms with Gasteiger partial charge in [-0.3, -0.25) is 0 Å². The lowest BCUT2D eigenvalue weighted by atomic mass is 10.3. The monoisotopic (exact) mass is 174 g/mol. The minimum absolute atomic E-state index is 0.559. The summed E-state index contributed by atoms with van der Waals surface area (Å²) in [6.07, 6.45) is 3.93. The van der Waals surface area contributed by atoms with Gasteiger partial charge < -0.3 is 4.90 Å². The molecule has 1 heterocycles. The first-order valence-corrected chi connectivity index (χ1v) is 4.27. The number of rotatable bonds is 2. The molecule has 4 heteroatoms. The van der Waals surface area contributed by atoms with Crippen molar-refractivity contribution in [2.75, 3.05) is 11.9 Å². The molecule has 1 saturated carbocycles. The van der Waals surface area contributed by atoms with Crippen molar-refractivity contribution in [3.05, 3.63) is 17.8 Å². The Morgan fingerprint density at radius 1 is 1.62 bits per heavy atom. The molecule has 0 spiro atoms. The number of hydrogen-bond acceptors (Lipinski definition) is 4. The van der Waals surface area contributed by atoms with E-state index in [4.69, 9.17) is 5.26 Å². The van der Waals surface area contributed by atoms with Gasteiger partial charge in [-0.1, -0.05) is 0 Å². The zero-order valence-electron chi connectivity index (χ0n) is 7.44. The van der Waals surface area contributed by atoms with Crippen LogP contribution in [0.3, 0.4) is 0 Å². The van der Waals surface area contributed by atoms with E-state index in [-0.39, 0.29) is 0 Å². The minimum Gasteiger partial charge on any atom is -0.354 e. The third-order valence-electron chi connectivity index (χ3n) is 2.25. The van der Waals surface area contributed by atoms with Crippen molar-refractivity contribution < 1.29 is 0 Å². The molecule has 1 aliphatic rings. The van der Waals surface area contributed by atoms with Crippen LogP contribution in [0.15, 0.2) is 12.3 Å². The summed E-state index contributed by atoms with van der Waals surface area (Å²) in [4.78, 5) is 2.03. The fourth-order valence-corrected chi connectivity index (χ4v) is 1.31. The van der Waals surface area contributed by atoms with E-state index in [1.165, 1.54) is 12.8 Å². The Kier molecular flexibility index (Phi) is 1.85. The molecule has 0 saturated heterocycles. The van der Waals surface area contributed by atoms with Crippen LogP contribution in [0.1, 0.15) is 18.4 Å². The second kappa shape index (κ2) is 3.02. The molecule has 0 atom stereocenters. The van der Waals surface area contributed by atoms with Gasteiger partial charge in [-0.25, -0.2) is 0 Å². The Labute approximate surface area is 76.8 Å². The molecule has 1 aromatic rings. The van der Waals surface area contributed by atoms with E-state index >= 15 is 0 Å². The van der Waals surface area contributed by atoms with E-state index < -0.39 is 0 Å². The fraction of sp³-hybridized carbons (Fsp3) is 0.444. The van der Waals surface area contributed by atoms with Gasteiger partial charge >= 0.3 is 0 Å². The van der Waals surface area contributed by atoms with Gasteiger partial charge in [0.1, 0.15) is 6.07 Å². The van der Waals surface area contributed by atoms with Gasteiger partial charge in [-0.05, 0) is 18.9 Å². The normalized spacial score (nSPS) is 15.1. The zero-order valence-corrected chi connectivity index (χ0v) is 7.44. The molecule has 1 aromatic heterocycles. The fourth-order valence-electron chi connectivity index (χ4n) is 1.31. The Balaban J connectivity index is 2.32. The van der Waals surface area contributed by atoms with Gasteiger partial charge in [0.2, 0.25) is 0 Å². The van der Waals surface area contributed by atoms with Crippen molar-refractivity contribution in [2.24, 2.45) is 0 Å². The van der Waals surface area contributed by atoms with Crippen LogP contribution < -0.4 is 4.90 Å². The molecular weight excluding hydrogens is 164 g/mol. The highest BCUT2D eigenvalue weighted by atomic mass is 15.3. The largest absolute Gasteiger partial charge is 0.354 e. The lowest BCUT2D eigenvalue weighted by Gasteiger charge is -2.16. The van der Waals surface area contributed by atoms with E-state index in [0.29, 0.717) is 17.4 Å². The van der Waals surface area contributed by atoms with Gasteiger partial charge in [0.25, 0.3) is 0 Å². The van der Waals surface area contributed by atoms with Crippen molar-refractivity contribution >= 4 is 5.82 Å². The third-order valence-corrected chi connectivity index (χ3v) is 2.25. The van der Waals surface area contributed by atoms with Crippen molar-refractivity contribution in [3.63, 3.8) is 0 Å². The lowest BCUT2D eigenvalue weighted by molar-refractivity contribution is 0.858. The van der Waals surface area contributed by atoms with Gasteiger partial charge in [0, 0.05) is 13.1 Å². The van der Waals surface area contributed by atoms with Gasteiger partial charge in [0.05, 0.1) is 11.8 Å². The zero-order chi connectivity index (χ0) is 9.26. The summed E-state index contributed by atoms with van der Waals surface area (Å²) >= 11 is 0. The van der Waals surface area contributed by atoms with Crippen molar-refractivity contribution in [2.45, 2.75) is 18.9 Å². The molecule has 0 aromatic carbocycles. The van der Waals surface area contributed by atoms with Gasteiger partial charge in [0.15, 0.2) is 5.82 Å². The molecule has 0 amide bonds. The van der Waals surface area contributed by atoms with E-state index in [0.717, 1.165) is 0 Å². The molecule has 0 unspecified atom stereocenters. The molecule has 1 fully saturated rings. The second-order valence-electron chi connectivity index (χ2n) is 3.22. The highest BCUT2D eigenvalue weighted by Crippen LogP contribution is 2.29. The first-order valence-electron chi connectivity index (χ1n) is 4.27.